The molecule has 3 heteroatoms. The van der Waals surface area contributed by atoms with Crippen molar-refractivity contribution in [2.75, 3.05) is 12.4 Å². The summed E-state index contributed by atoms with van der Waals surface area (Å²) in [4.78, 5) is 12.0. The molecular formula is C14H26ClNO. The molecule has 0 aromatic heterocycles. The van der Waals surface area contributed by atoms with Crippen LogP contribution in [0, 0.1) is 11.3 Å². The molecule has 2 nitrogen and oxygen atoms in total. The average molecular weight is 260 g/mol. The number of hydrogen-bond donors (Lipinski definition) is 1. The monoisotopic (exact) mass is 259 g/mol. The van der Waals surface area contributed by atoms with Crippen molar-refractivity contribution in [1.29, 1.82) is 0 Å². The van der Waals surface area contributed by atoms with Crippen molar-refractivity contribution in [2.24, 2.45) is 11.3 Å². The molecule has 0 spiro atoms. The number of halogens is 1. The molecule has 1 fully saturated rings. The maximum absolute atomic E-state index is 12.0. The molecule has 0 heterocycles. The Morgan fingerprint density at radius 1 is 1.24 bits per heavy atom. The topological polar surface area (TPSA) is 29.1 Å². The second kappa shape index (κ2) is 7.25. The number of hydrogen-bond acceptors (Lipinski definition) is 1. The van der Waals surface area contributed by atoms with E-state index in [1.54, 1.807) is 0 Å². The van der Waals surface area contributed by atoms with Crippen LogP contribution in [-0.2, 0) is 4.79 Å². The molecule has 1 N–H and O–H groups in total. The van der Waals surface area contributed by atoms with E-state index in [1.807, 2.05) is 0 Å². The summed E-state index contributed by atoms with van der Waals surface area (Å²) in [5.41, 5.74) is 0.0892. The maximum Gasteiger partial charge on any atom is 0.223 e. The third-order valence-corrected chi connectivity index (χ3v) is 4.96. The van der Waals surface area contributed by atoms with Crippen LogP contribution in [0.15, 0.2) is 0 Å². The third-order valence-electron chi connectivity index (χ3n) is 4.40. The molecule has 100 valence electrons. The first kappa shape index (κ1) is 14.8. The molecule has 1 amide bonds. The van der Waals surface area contributed by atoms with Crippen molar-refractivity contribution in [1.82, 2.24) is 5.32 Å². The first-order chi connectivity index (χ1) is 8.17. The minimum atomic E-state index is 0.0892. The zero-order valence-electron chi connectivity index (χ0n) is 11.2. The van der Waals surface area contributed by atoms with E-state index >= 15 is 0 Å². The fraction of sp³-hybridized carbons (Fsp3) is 0.929. The van der Waals surface area contributed by atoms with E-state index in [9.17, 15) is 4.79 Å². The van der Waals surface area contributed by atoms with Crippen molar-refractivity contribution in [3.8, 4) is 0 Å². The second-order valence-electron chi connectivity index (χ2n) is 5.39. The van der Waals surface area contributed by atoms with Gasteiger partial charge in [0.05, 0.1) is 0 Å². The van der Waals surface area contributed by atoms with E-state index in [1.165, 1.54) is 19.3 Å². The Kier molecular flexibility index (Phi) is 6.32. The van der Waals surface area contributed by atoms with E-state index in [-0.39, 0.29) is 17.2 Å². The fourth-order valence-corrected chi connectivity index (χ4v) is 2.99. The van der Waals surface area contributed by atoms with Gasteiger partial charge in [-0.05, 0) is 25.7 Å². The smallest absolute Gasteiger partial charge is 0.223 e. The van der Waals surface area contributed by atoms with E-state index in [2.05, 4.69) is 19.2 Å². The Balaban J connectivity index is 2.40. The van der Waals surface area contributed by atoms with Gasteiger partial charge in [0.25, 0.3) is 0 Å². The molecule has 1 aliphatic carbocycles. The third kappa shape index (κ3) is 4.17. The van der Waals surface area contributed by atoms with Gasteiger partial charge in [0.15, 0.2) is 0 Å². The second-order valence-corrected chi connectivity index (χ2v) is 5.66. The van der Waals surface area contributed by atoms with Gasteiger partial charge in [-0.15, -0.1) is 11.6 Å². The van der Waals surface area contributed by atoms with Gasteiger partial charge in [-0.1, -0.05) is 33.1 Å². The van der Waals surface area contributed by atoms with Crippen LogP contribution < -0.4 is 5.32 Å². The van der Waals surface area contributed by atoms with Gasteiger partial charge in [-0.3, -0.25) is 4.79 Å². The number of carbonyl (C=O) groups excluding carboxylic acids is 1. The van der Waals surface area contributed by atoms with Crippen LogP contribution in [0.25, 0.3) is 0 Å². The molecule has 1 rings (SSSR count). The first-order valence-corrected chi connectivity index (χ1v) is 7.54. The Morgan fingerprint density at radius 3 is 2.29 bits per heavy atom. The van der Waals surface area contributed by atoms with Gasteiger partial charge in [0, 0.05) is 23.8 Å². The predicted molar refractivity (Wildman–Crippen MR) is 73.3 cm³/mol. The lowest BCUT2D eigenvalue weighted by atomic mass is 9.83. The molecule has 0 bridgehead atoms. The van der Waals surface area contributed by atoms with Crippen molar-refractivity contribution < 1.29 is 4.79 Å². The highest BCUT2D eigenvalue weighted by Gasteiger charge is 2.27. The van der Waals surface area contributed by atoms with E-state index in [4.69, 9.17) is 11.6 Å². The summed E-state index contributed by atoms with van der Waals surface area (Å²) in [5, 5.41) is 3.12. The average Bonchev–Trinajstić information content (AvgIpc) is 2.41. The molecule has 0 unspecified atom stereocenters. The highest BCUT2D eigenvalue weighted by Crippen LogP contribution is 2.28. The molecule has 0 aromatic carbocycles. The van der Waals surface area contributed by atoms with Gasteiger partial charge in [0.1, 0.15) is 0 Å². The summed E-state index contributed by atoms with van der Waals surface area (Å²) >= 11 is 6.04. The Labute approximate surface area is 110 Å². The lowest BCUT2D eigenvalue weighted by molar-refractivity contribution is -0.126. The fourth-order valence-electron chi connectivity index (χ4n) is 2.52. The Morgan fingerprint density at radius 2 is 1.82 bits per heavy atom. The maximum atomic E-state index is 12.0. The minimum Gasteiger partial charge on any atom is -0.355 e. The SMILES string of the molecule is CCC(CC)(CCl)CNC(=O)C1CCCCC1. The summed E-state index contributed by atoms with van der Waals surface area (Å²) in [6.07, 6.45) is 7.89. The van der Waals surface area contributed by atoms with Gasteiger partial charge >= 0.3 is 0 Å². The summed E-state index contributed by atoms with van der Waals surface area (Å²) in [6, 6.07) is 0. The number of carbonyl (C=O) groups is 1. The van der Waals surface area contributed by atoms with Gasteiger partial charge in [-0.25, -0.2) is 0 Å². The van der Waals surface area contributed by atoms with E-state index < -0.39 is 0 Å². The molecule has 17 heavy (non-hydrogen) atoms. The van der Waals surface area contributed by atoms with Crippen LogP contribution in [0.1, 0.15) is 58.8 Å². The Bertz CT molecular complexity index is 224. The number of alkyl halides is 1. The van der Waals surface area contributed by atoms with Crippen LogP contribution in [0.3, 0.4) is 0 Å². The minimum absolute atomic E-state index is 0.0892. The van der Waals surface area contributed by atoms with Crippen molar-refractivity contribution in [3.63, 3.8) is 0 Å². The van der Waals surface area contributed by atoms with Gasteiger partial charge in [-0.2, -0.15) is 0 Å². The zero-order chi connectivity index (χ0) is 12.7. The molecule has 0 atom stereocenters. The molecule has 1 aliphatic rings. The molecule has 0 aliphatic heterocycles. The standard InChI is InChI=1S/C14H26ClNO/c1-3-14(4-2,10-15)11-16-13(17)12-8-6-5-7-9-12/h12H,3-11H2,1-2H3,(H,16,17). The highest BCUT2D eigenvalue weighted by atomic mass is 35.5. The largest absolute Gasteiger partial charge is 0.355 e. The van der Waals surface area contributed by atoms with Gasteiger partial charge in [0.2, 0.25) is 5.91 Å². The van der Waals surface area contributed by atoms with Crippen molar-refractivity contribution >= 4 is 17.5 Å². The van der Waals surface area contributed by atoms with Crippen LogP contribution in [0.2, 0.25) is 0 Å². The van der Waals surface area contributed by atoms with Gasteiger partial charge < -0.3 is 5.32 Å². The first-order valence-electron chi connectivity index (χ1n) is 7.01. The van der Waals surface area contributed by atoms with Crippen LogP contribution in [-0.4, -0.2) is 18.3 Å². The normalized spacial score (nSPS) is 18.1. The summed E-state index contributed by atoms with van der Waals surface area (Å²) in [6.45, 7) is 5.04. The van der Waals surface area contributed by atoms with Crippen LogP contribution in [0.4, 0.5) is 0 Å². The lowest BCUT2D eigenvalue weighted by Gasteiger charge is -2.30. The van der Waals surface area contributed by atoms with Crippen LogP contribution in [0.5, 0.6) is 0 Å². The molecule has 0 radical (unpaired) electrons. The quantitative estimate of drug-likeness (QED) is 0.724. The summed E-state index contributed by atoms with van der Waals surface area (Å²) < 4.78 is 0. The lowest BCUT2D eigenvalue weighted by Crippen LogP contribution is -2.41. The molecule has 1 saturated carbocycles. The summed E-state index contributed by atoms with van der Waals surface area (Å²) in [5.74, 6) is 1.14. The molecular weight excluding hydrogens is 234 g/mol. The van der Waals surface area contributed by atoms with Crippen LogP contribution >= 0.6 is 11.6 Å². The van der Waals surface area contributed by atoms with Crippen molar-refractivity contribution in [2.45, 2.75) is 58.8 Å². The Hall–Kier alpha value is -0.240. The molecule has 0 saturated heterocycles. The molecule has 0 aromatic rings. The van der Waals surface area contributed by atoms with Crippen molar-refractivity contribution in [3.05, 3.63) is 0 Å². The van der Waals surface area contributed by atoms with E-state index in [0.717, 1.165) is 32.2 Å². The predicted octanol–water partition coefficient (Wildman–Crippen LogP) is 3.73. The number of amides is 1. The number of rotatable bonds is 6. The number of nitrogens with one attached hydrogen (secondary N) is 1. The zero-order valence-corrected chi connectivity index (χ0v) is 12.0. The highest BCUT2D eigenvalue weighted by molar-refractivity contribution is 6.18. The summed E-state index contributed by atoms with van der Waals surface area (Å²) in [7, 11) is 0. The van der Waals surface area contributed by atoms with E-state index in [0.29, 0.717) is 5.88 Å².